The number of hydrogen-bond donors (Lipinski definition) is 1. The molecule has 156 valence electrons. The van der Waals surface area contributed by atoms with Crippen LogP contribution in [0.25, 0.3) is 10.6 Å². The van der Waals surface area contributed by atoms with Crippen LogP contribution in [0.1, 0.15) is 61.5 Å². The lowest BCUT2D eigenvalue weighted by Gasteiger charge is -2.31. The van der Waals surface area contributed by atoms with Crippen molar-refractivity contribution in [3.05, 3.63) is 40.9 Å². The number of piperidine rings is 1. The lowest BCUT2D eigenvalue weighted by molar-refractivity contribution is -0.126. The average molecular weight is 414 g/mol. The van der Waals surface area contributed by atoms with Gasteiger partial charge in [-0.25, -0.2) is 4.98 Å². The van der Waals surface area contributed by atoms with Gasteiger partial charge >= 0.3 is 0 Å². The predicted octanol–water partition coefficient (Wildman–Crippen LogP) is 4.67. The average Bonchev–Trinajstić information content (AvgIpc) is 3.24. The number of amides is 2. The van der Waals surface area contributed by atoms with E-state index < -0.39 is 0 Å². The van der Waals surface area contributed by atoms with Crippen molar-refractivity contribution < 1.29 is 9.59 Å². The number of unbranched alkanes of at least 4 members (excludes halogenated alkanes) is 3. The lowest BCUT2D eigenvalue weighted by Crippen LogP contribution is -2.45. The van der Waals surface area contributed by atoms with E-state index in [2.05, 4.69) is 24.1 Å². The number of benzene rings is 1. The summed E-state index contributed by atoms with van der Waals surface area (Å²) in [6.45, 7) is 6.13. The van der Waals surface area contributed by atoms with Crippen molar-refractivity contribution in [2.24, 2.45) is 5.92 Å². The molecule has 1 aromatic carbocycles. The number of likely N-dealkylation sites (tertiary alicyclic amines) is 1. The molecule has 0 saturated carbocycles. The van der Waals surface area contributed by atoms with Crippen molar-refractivity contribution in [3.8, 4) is 10.6 Å². The maximum atomic E-state index is 12.9. The van der Waals surface area contributed by atoms with E-state index in [0.29, 0.717) is 18.8 Å². The van der Waals surface area contributed by atoms with Crippen LogP contribution in [0.5, 0.6) is 0 Å². The highest BCUT2D eigenvalue weighted by atomic mass is 32.1. The number of rotatable bonds is 8. The first-order valence-corrected chi connectivity index (χ1v) is 11.6. The highest BCUT2D eigenvalue weighted by molar-refractivity contribution is 7.13. The Morgan fingerprint density at radius 1 is 1.21 bits per heavy atom. The van der Waals surface area contributed by atoms with Crippen LogP contribution in [0.4, 0.5) is 0 Å². The van der Waals surface area contributed by atoms with Gasteiger partial charge in [-0.05, 0) is 26.2 Å². The van der Waals surface area contributed by atoms with Crippen LogP contribution in [0.2, 0.25) is 0 Å². The zero-order valence-corrected chi connectivity index (χ0v) is 18.3. The molecule has 1 unspecified atom stereocenters. The highest BCUT2D eigenvalue weighted by Gasteiger charge is 2.29. The summed E-state index contributed by atoms with van der Waals surface area (Å²) in [6.07, 6.45) is 6.27. The van der Waals surface area contributed by atoms with Gasteiger partial charge in [0.15, 0.2) is 0 Å². The van der Waals surface area contributed by atoms with E-state index in [-0.39, 0.29) is 17.7 Å². The van der Waals surface area contributed by atoms with E-state index in [4.69, 9.17) is 0 Å². The molecule has 0 radical (unpaired) electrons. The number of hydrogen-bond acceptors (Lipinski definition) is 4. The van der Waals surface area contributed by atoms with E-state index in [1.807, 2.05) is 29.6 Å². The number of aryl methyl sites for hydroxylation is 1. The molecule has 6 heteroatoms. The van der Waals surface area contributed by atoms with Gasteiger partial charge in [0.2, 0.25) is 5.91 Å². The Balaban J connectivity index is 1.55. The highest BCUT2D eigenvalue weighted by Crippen LogP contribution is 2.26. The number of nitrogens with one attached hydrogen (secondary N) is 1. The quantitative estimate of drug-likeness (QED) is 0.640. The van der Waals surface area contributed by atoms with Crippen LogP contribution < -0.4 is 5.32 Å². The zero-order chi connectivity index (χ0) is 20.6. The number of aromatic nitrogens is 1. The number of nitrogens with zero attached hydrogens (tertiary/aromatic N) is 2. The number of carbonyl (C=O) groups excluding carboxylic acids is 2. The number of carbonyl (C=O) groups is 2. The lowest BCUT2D eigenvalue weighted by atomic mass is 9.97. The predicted molar refractivity (Wildman–Crippen MR) is 118 cm³/mol. The first kappa shape index (κ1) is 21.5. The summed E-state index contributed by atoms with van der Waals surface area (Å²) in [5.41, 5.74) is 2.70. The molecular formula is C23H31N3O2S. The second kappa shape index (κ2) is 10.5. The first-order valence-electron chi connectivity index (χ1n) is 10.7. The molecule has 1 N–H and O–H groups in total. The van der Waals surface area contributed by atoms with E-state index in [1.165, 1.54) is 29.7 Å². The van der Waals surface area contributed by atoms with Crippen LogP contribution >= 0.6 is 11.3 Å². The van der Waals surface area contributed by atoms with Crippen LogP contribution in [-0.2, 0) is 4.79 Å². The summed E-state index contributed by atoms with van der Waals surface area (Å²) >= 11 is 1.49. The molecule has 0 aliphatic carbocycles. The monoisotopic (exact) mass is 413 g/mol. The van der Waals surface area contributed by atoms with Crippen molar-refractivity contribution in [3.63, 3.8) is 0 Å². The van der Waals surface area contributed by atoms with Gasteiger partial charge in [-0.15, -0.1) is 11.3 Å². The van der Waals surface area contributed by atoms with Gasteiger partial charge < -0.3 is 10.2 Å². The fraction of sp³-hybridized carbons (Fsp3) is 0.522. The summed E-state index contributed by atoms with van der Waals surface area (Å²) in [5, 5.41) is 5.73. The van der Waals surface area contributed by atoms with Crippen LogP contribution in [0.15, 0.2) is 29.6 Å². The van der Waals surface area contributed by atoms with Crippen molar-refractivity contribution in [1.82, 2.24) is 15.2 Å². The van der Waals surface area contributed by atoms with Crippen LogP contribution in [0.3, 0.4) is 0 Å². The standard InChI is InChI=1S/C23H31N3O2S/c1-3-4-5-6-13-24-21(27)19-8-7-14-26(15-19)23(28)20-16-29-22(25-20)18-11-9-17(2)10-12-18/h9-12,16,19H,3-8,13-15H2,1-2H3,(H,24,27). The zero-order valence-electron chi connectivity index (χ0n) is 17.4. The van der Waals surface area contributed by atoms with Gasteiger partial charge in [0.05, 0.1) is 5.92 Å². The van der Waals surface area contributed by atoms with Gasteiger partial charge in [-0.1, -0.05) is 56.0 Å². The van der Waals surface area contributed by atoms with E-state index in [0.717, 1.165) is 42.8 Å². The SMILES string of the molecule is CCCCCCNC(=O)C1CCCN(C(=O)c2csc(-c3ccc(C)cc3)n2)C1. The largest absolute Gasteiger partial charge is 0.356 e. The molecule has 29 heavy (non-hydrogen) atoms. The summed E-state index contributed by atoms with van der Waals surface area (Å²) in [5.74, 6) is -0.105. The minimum absolute atomic E-state index is 0.0694. The molecule has 1 saturated heterocycles. The molecule has 1 atom stereocenters. The van der Waals surface area contributed by atoms with Gasteiger partial charge in [0, 0.05) is 30.6 Å². The summed E-state index contributed by atoms with van der Waals surface area (Å²) in [7, 11) is 0. The van der Waals surface area contributed by atoms with Crippen LogP contribution in [-0.4, -0.2) is 41.3 Å². The fourth-order valence-electron chi connectivity index (χ4n) is 3.65. The van der Waals surface area contributed by atoms with E-state index >= 15 is 0 Å². The molecule has 0 bridgehead atoms. The van der Waals surface area contributed by atoms with Gasteiger partial charge in [0.1, 0.15) is 10.7 Å². The Morgan fingerprint density at radius 2 is 2.00 bits per heavy atom. The van der Waals surface area contributed by atoms with Crippen molar-refractivity contribution in [1.29, 1.82) is 0 Å². The minimum atomic E-state index is -0.117. The molecule has 1 aromatic heterocycles. The third kappa shape index (κ3) is 5.89. The van der Waals surface area contributed by atoms with E-state index in [1.54, 1.807) is 4.90 Å². The second-order valence-corrected chi connectivity index (χ2v) is 8.70. The van der Waals surface area contributed by atoms with Gasteiger partial charge in [-0.2, -0.15) is 0 Å². The molecule has 3 rings (SSSR count). The molecule has 1 aliphatic rings. The van der Waals surface area contributed by atoms with Crippen LogP contribution in [0, 0.1) is 12.8 Å². The summed E-state index contributed by atoms with van der Waals surface area (Å²) in [6, 6.07) is 8.16. The molecule has 1 fully saturated rings. The maximum absolute atomic E-state index is 12.9. The fourth-order valence-corrected chi connectivity index (χ4v) is 4.45. The Labute approximate surface area is 177 Å². The molecule has 0 spiro atoms. The van der Waals surface area contributed by atoms with Gasteiger partial charge in [-0.3, -0.25) is 9.59 Å². The van der Waals surface area contributed by atoms with Gasteiger partial charge in [0.25, 0.3) is 5.91 Å². The summed E-state index contributed by atoms with van der Waals surface area (Å²) in [4.78, 5) is 31.8. The molecular weight excluding hydrogens is 382 g/mol. The Hall–Kier alpha value is -2.21. The molecule has 2 heterocycles. The third-order valence-corrected chi connectivity index (χ3v) is 6.32. The smallest absolute Gasteiger partial charge is 0.273 e. The Morgan fingerprint density at radius 3 is 2.76 bits per heavy atom. The molecule has 2 aromatic rings. The van der Waals surface area contributed by atoms with Crippen molar-refractivity contribution >= 4 is 23.2 Å². The third-order valence-electron chi connectivity index (χ3n) is 5.43. The number of thiazole rings is 1. The van der Waals surface area contributed by atoms with Crippen molar-refractivity contribution in [2.75, 3.05) is 19.6 Å². The van der Waals surface area contributed by atoms with Crippen molar-refractivity contribution in [2.45, 2.75) is 52.4 Å². The topological polar surface area (TPSA) is 62.3 Å². The molecule has 5 nitrogen and oxygen atoms in total. The van der Waals surface area contributed by atoms with E-state index in [9.17, 15) is 9.59 Å². The first-order chi connectivity index (χ1) is 14.1. The summed E-state index contributed by atoms with van der Waals surface area (Å²) < 4.78 is 0. The minimum Gasteiger partial charge on any atom is -0.356 e. The molecule has 1 aliphatic heterocycles. The Bertz CT molecular complexity index is 816. The molecule has 2 amide bonds. The normalized spacial score (nSPS) is 16.6. The maximum Gasteiger partial charge on any atom is 0.273 e. The second-order valence-electron chi connectivity index (χ2n) is 7.85. The Kier molecular flexibility index (Phi) is 7.81.